The average molecular weight is 418 g/mol. The number of aliphatic imine (C=N–C) groups is 1. The van der Waals surface area contributed by atoms with Crippen LogP contribution in [0.1, 0.15) is 5.56 Å². The number of fused-ring (bicyclic) bond motifs is 2. The summed E-state index contributed by atoms with van der Waals surface area (Å²) in [6.07, 6.45) is 0. The van der Waals surface area contributed by atoms with Crippen LogP contribution in [-0.2, 0) is 4.74 Å². The number of benzene rings is 2. The second-order valence-electron chi connectivity index (χ2n) is 6.78. The molecule has 5 nitrogen and oxygen atoms in total. The maximum absolute atomic E-state index is 8.80. The molecule has 2 aromatic carbocycles. The van der Waals surface area contributed by atoms with E-state index in [1.807, 2.05) is 12.1 Å². The van der Waals surface area contributed by atoms with Crippen LogP contribution in [0, 0.1) is 0 Å². The summed E-state index contributed by atoms with van der Waals surface area (Å²) < 4.78 is 5.40. The second-order valence-corrected chi connectivity index (χ2v) is 8.28. The lowest BCUT2D eigenvalue weighted by atomic mass is 10.1. The van der Waals surface area contributed by atoms with Crippen molar-refractivity contribution in [3.8, 4) is 0 Å². The van der Waals surface area contributed by atoms with Crippen LogP contribution >= 0.6 is 23.4 Å². The van der Waals surface area contributed by atoms with Gasteiger partial charge in [-0.2, -0.15) is 0 Å². The zero-order valence-electron chi connectivity index (χ0n) is 15.7. The van der Waals surface area contributed by atoms with Gasteiger partial charge < -0.3 is 14.7 Å². The second kappa shape index (κ2) is 9.29. The zero-order chi connectivity index (χ0) is 19.3. The van der Waals surface area contributed by atoms with Crippen LogP contribution in [0.5, 0.6) is 0 Å². The first-order valence-electron chi connectivity index (χ1n) is 9.56. The van der Waals surface area contributed by atoms with Crippen molar-refractivity contribution in [2.24, 2.45) is 4.99 Å². The lowest BCUT2D eigenvalue weighted by Gasteiger charge is -2.36. The monoisotopic (exact) mass is 417 g/mol. The molecule has 1 saturated heterocycles. The maximum atomic E-state index is 8.80. The van der Waals surface area contributed by atoms with Crippen LogP contribution in [-0.4, -0.2) is 73.3 Å². The molecule has 28 heavy (non-hydrogen) atoms. The molecule has 0 unspecified atom stereocenters. The van der Waals surface area contributed by atoms with E-state index < -0.39 is 0 Å². The van der Waals surface area contributed by atoms with Gasteiger partial charge in [0.2, 0.25) is 0 Å². The Morgan fingerprint density at radius 1 is 1.00 bits per heavy atom. The van der Waals surface area contributed by atoms with E-state index in [1.54, 1.807) is 11.8 Å². The maximum Gasteiger partial charge on any atom is 0.137 e. The fourth-order valence-corrected chi connectivity index (χ4v) is 4.82. The van der Waals surface area contributed by atoms with Gasteiger partial charge in [-0.25, -0.2) is 4.99 Å². The van der Waals surface area contributed by atoms with Gasteiger partial charge in [0.15, 0.2) is 0 Å². The molecule has 2 aliphatic rings. The molecule has 2 aliphatic heterocycles. The van der Waals surface area contributed by atoms with E-state index in [1.165, 1.54) is 10.5 Å². The number of nitrogens with zero attached hydrogens (tertiary/aromatic N) is 3. The van der Waals surface area contributed by atoms with Crippen molar-refractivity contribution in [3.05, 3.63) is 53.1 Å². The summed E-state index contributed by atoms with van der Waals surface area (Å²) in [5.74, 6) is 1.01. The first-order chi connectivity index (χ1) is 13.8. The molecular formula is C21H24ClN3O2S. The Bertz CT molecular complexity index is 853. The highest BCUT2D eigenvalue weighted by atomic mass is 35.5. The van der Waals surface area contributed by atoms with Crippen molar-refractivity contribution in [3.63, 3.8) is 0 Å². The Labute approximate surface area is 175 Å². The summed E-state index contributed by atoms with van der Waals surface area (Å²) in [5, 5.41) is 9.49. The van der Waals surface area contributed by atoms with Crippen molar-refractivity contribution < 1.29 is 9.84 Å². The molecule has 7 heteroatoms. The average Bonchev–Trinajstić information content (AvgIpc) is 2.89. The third kappa shape index (κ3) is 4.36. The van der Waals surface area contributed by atoms with E-state index in [4.69, 9.17) is 26.4 Å². The Balaban J connectivity index is 1.54. The predicted octanol–water partition coefficient (Wildman–Crippen LogP) is 3.51. The smallest absolute Gasteiger partial charge is 0.137 e. The molecule has 0 atom stereocenters. The van der Waals surface area contributed by atoms with Gasteiger partial charge in [-0.05, 0) is 18.2 Å². The Kier molecular flexibility index (Phi) is 6.54. The number of piperazine rings is 1. The Morgan fingerprint density at radius 2 is 1.79 bits per heavy atom. The molecule has 4 rings (SSSR count). The SMILES string of the molecule is OCCOCCN1CCN(C2=Nc3c(Cl)cccc3Sc3ccccc32)CC1. The Hall–Kier alpha value is -1.57. The topological polar surface area (TPSA) is 48.3 Å². The first-order valence-corrected chi connectivity index (χ1v) is 10.8. The standard InChI is InChI=1S/C21H24ClN3O2S/c22-17-5-3-7-19-20(17)23-21(16-4-1-2-6-18(16)28-19)25-10-8-24(9-11-25)12-14-27-15-13-26/h1-7,26H,8-15H2. The van der Waals surface area contributed by atoms with E-state index in [0.717, 1.165) is 49.1 Å². The minimum absolute atomic E-state index is 0.0784. The number of para-hydroxylation sites is 1. The molecular weight excluding hydrogens is 394 g/mol. The molecule has 2 aromatic rings. The van der Waals surface area contributed by atoms with Gasteiger partial charge >= 0.3 is 0 Å². The van der Waals surface area contributed by atoms with E-state index in [9.17, 15) is 0 Å². The number of hydrogen-bond acceptors (Lipinski definition) is 6. The van der Waals surface area contributed by atoms with E-state index >= 15 is 0 Å². The fourth-order valence-electron chi connectivity index (χ4n) is 3.50. The van der Waals surface area contributed by atoms with Crippen LogP contribution in [0.3, 0.4) is 0 Å². The van der Waals surface area contributed by atoms with E-state index in [2.05, 4.69) is 40.1 Å². The first kappa shape index (κ1) is 19.7. The normalized spacial score (nSPS) is 16.9. The lowest BCUT2D eigenvalue weighted by molar-refractivity contribution is 0.0652. The van der Waals surface area contributed by atoms with Gasteiger partial charge in [-0.3, -0.25) is 4.90 Å². The highest BCUT2D eigenvalue weighted by Crippen LogP contribution is 2.43. The molecule has 148 valence electrons. The summed E-state index contributed by atoms with van der Waals surface area (Å²) in [7, 11) is 0. The molecule has 0 aromatic heterocycles. The van der Waals surface area contributed by atoms with Crippen LogP contribution in [0.15, 0.2) is 57.2 Å². The number of rotatable bonds is 5. The number of aliphatic hydroxyl groups is 1. The van der Waals surface area contributed by atoms with Gasteiger partial charge in [0.1, 0.15) is 5.84 Å². The number of ether oxygens (including phenoxy) is 1. The van der Waals surface area contributed by atoms with Gasteiger partial charge in [-0.1, -0.05) is 47.6 Å². The van der Waals surface area contributed by atoms with Gasteiger partial charge in [0, 0.05) is 48.1 Å². The molecule has 0 saturated carbocycles. The third-order valence-corrected chi connectivity index (χ3v) is 6.40. The highest BCUT2D eigenvalue weighted by Gasteiger charge is 2.25. The molecule has 0 aliphatic carbocycles. The molecule has 0 amide bonds. The number of aliphatic hydroxyl groups excluding tert-OH is 1. The highest BCUT2D eigenvalue weighted by molar-refractivity contribution is 7.99. The molecule has 0 spiro atoms. The van der Waals surface area contributed by atoms with Crippen LogP contribution in [0.2, 0.25) is 5.02 Å². The van der Waals surface area contributed by atoms with Crippen molar-refractivity contribution in [2.45, 2.75) is 9.79 Å². The Morgan fingerprint density at radius 3 is 2.61 bits per heavy atom. The van der Waals surface area contributed by atoms with Gasteiger partial charge in [-0.15, -0.1) is 0 Å². The van der Waals surface area contributed by atoms with Crippen LogP contribution in [0.4, 0.5) is 5.69 Å². The zero-order valence-corrected chi connectivity index (χ0v) is 17.3. The number of halogens is 1. The van der Waals surface area contributed by atoms with Crippen molar-refractivity contribution in [1.29, 1.82) is 0 Å². The summed E-state index contributed by atoms with van der Waals surface area (Å²) in [4.78, 5) is 12.1. The quantitative estimate of drug-likeness (QED) is 0.754. The van der Waals surface area contributed by atoms with Gasteiger partial charge in [0.05, 0.1) is 30.5 Å². The lowest BCUT2D eigenvalue weighted by Crippen LogP contribution is -2.49. The van der Waals surface area contributed by atoms with Crippen molar-refractivity contribution >= 4 is 34.9 Å². The summed E-state index contributed by atoms with van der Waals surface area (Å²) >= 11 is 8.22. The minimum atomic E-state index is 0.0784. The summed E-state index contributed by atoms with van der Waals surface area (Å²) in [6, 6.07) is 14.4. The predicted molar refractivity (Wildman–Crippen MR) is 114 cm³/mol. The number of hydrogen-bond donors (Lipinski definition) is 1. The molecule has 0 bridgehead atoms. The summed E-state index contributed by atoms with van der Waals surface area (Å²) in [5.41, 5.74) is 2.03. The van der Waals surface area contributed by atoms with E-state index in [0.29, 0.717) is 18.2 Å². The van der Waals surface area contributed by atoms with Crippen molar-refractivity contribution in [2.75, 3.05) is 52.5 Å². The minimum Gasteiger partial charge on any atom is -0.394 e. The van der Waals surface area contributed by atoms with Crippen molar-refractivity contribution in [1.82, 2.24) is 9.80 Å². The number of amidine groups is 1. The molecule has 1 fully saturated rings. The molecule has 1 N–H and O–H groups in total. The van der Waals surface area contributed by atoms with Crippen LogP contribution < -0.4 is 0 Å². The largest absolute Gasteiger partial charge is 0.394 e. The molecule has 0 radical (unpaired) electrons. The van der Waals surface area contributed by atoms with Crippen LogP contribution in [0.25, 0.3) is 0 Å². The third-order valence-electron chi connectivity index (χ3n) is 4.97. The fraction of sp³-hybridized carbons (Fsp3) is 0.381. The molecule has 2 heterocycles. The summed E-state index contributed by atoms with van der Waals surface area (Å²) in [6.45, 7) is 5.79. The van der Waals surface area contributed by atoms with E-state index in [-0.39, 0.29) is 6.61 Å². The van der Waals surface area contributed by atoms with Gasteiger partial charge in [0.25, 0.3) is 0 Å².